The summed E-state index contributed by atoms with van der Waals surface area (Å²) in [5, 5.41) is 2.55. The van der Waals surface area contributed by atoms with Gasteiger partial charge in [0.25, 0.3) is 0 Å². The van der Waals surface area contributed by atoms with Crippen molar-refractivity contribution in [2.75, 3.05) is 31.6 Å². The maximum Gasteiger partial charge on any atom is 0.321 e. The van der Waals surface area contributed by atoms with E-state index >= 15 is 0 Å². The molecule has 0 bridgehead atoms. The molecule has 1 aromatic rings. The number of amides is 3. The Balaban J connectivity index is 1.58. The van der Waals surface area contributed by atoms with E-state index in [9.17, 15) is 14.0 Å². The van der Waals surface area contributed by atoms with Crippen LogP contribution in [-0.4, -0.2) is 60.1 Å². The molecule has 8 heteroatoms. The van der Waals surface area contributed by atoms with E-state index in [2.05, 4.69) is 5.32 Å². The third-order valence-corrected chi connectivity index (χ3v) is 5.58. The lowest BCUT2D eigenvalue weighted by atomic mass is 9.98. The van der Waals surface area contributed by atoms with Gasteiger partial charge in [0.05, 0.1) is 10.7 Å². The Morgan fingerprint density at radius 1 is 1.19 bits per heavy atom. The summed E-state index contributed by atoms with van der Waals surface area (Å²) in [7, 11) is 0. The average molecular weight is 398 g/mol. The minimum absolute atomic E-state index is 0.0277. The lowest BCUT2D eigenvalue weighted by molar-refractivity contribution is -0.137. The van der Waals surface area contributed by atoms with Crippen molar-refractivity contribution in [1.82, 2.24) is 9.80 Å². The minimum atomic E-state index is -0.635. The van der Waals surface area contributed by atoms with Crippen LogP contribution in [-0.2, 0) is 9.53 Å². The molecule has 6 nitrogen and oxygen atoms in total. The number of hydrogen-bond acceptors (Lipinski definition) is 3. The molecule has 27 heavy (non-hydrogen) atoms. The summed E-state index contributed by atoms with van der Waals surface area (Å²) in [6.45, 7) is 4.01. The second kappa shape index (κ2) is 8.89. The second-order valence-electron chi connectivity index (χ2n) is 7.02. The Bertz CT molecular complexity index is 689. The van der Waals surface area contributed by atoms with Crippen LogP contribution in [0, 0.1) is 5.82 Å². The van der Waals surface area contributed by atoms with Crippen molar-refractivity contribution < 1.29 is 18.7 Å². The van der Waals surface area contributed by atoms with Crippen molar-refractivity contribution in [2.24, 2.45) is 0 Å². The quantitative estimate of drug-likeness (QED) is 0.849. The molecular weight excluding hydrogens is 373 g/mol. The molecule has 0 aromatic heterocycles. The standard InChI is InChI=1S/C19H25ClFN3O3/c1-13(25)24(15-7-11-27-12-8-15)14-5-9-23(10-6-14)19(26)22-17-4-2-3-16(20)18(17)21/h2-4,14-15H,5-12H2,1H3,(H,22,26). The number of benzene rings is 1. The van der Waals surface area contributed by atoms with E-state index in [0.29, 0.717) is 39.1 Å². The Morgan fingerprint density at radius 3 is 2.44 bits per heavy atom. The highest BCUT2D eigenvalue weighted by atomic mass is 35.5. The molecule has 0 atom stereocenters. The van der Waals surface area contributed by atoms with Crippen LogP contribution in [0.25, 0.3) is 0 Å². The highest BCUT2D eigenvalue weighted by molar-refractivity contribution is 6.31. The Kier molecular flexibility index (Phi) is 6.55. The van der Waals surface area contributed by atoms with Gasteiger partial charge < -0.3 is 19.9 Å². The van der Waals surface area contributed by atoms with Crippen LogP contribution in [0.4, 0.5) is 14.9 Å². The fourth-order valence-corrected chi connectivity index (χ4v) is 4.09. The van der Waals surface area contributed by atoms with Gasteiger partial charge in [0.1, 0.15) is 0 Å². The highest BCUT2D eigenvalue weighted by Crippen LogP contribution is 2.26. The molecule has 148 valence electrons. The number of halogens is 2. The number of ether oxygens (including phenoxy) is 1. The van der Waals surface area contributed by atoms with Crippen LogP contribution in [0.5, 0.6) is 0 Å². The monoisotopic (exact) mass is 397 g/mol. The molecule has 0 radical (unpaired) electrons. The number of likely N-dealkylation sites (tertiary alicyclic amines) is 1. The predicted octanol–water partition coefficient (Wildman–Crippen LogP) is 3.50. The van der Waals surface area contributed by atoms with Crippen LogP contribution >= 0.6 is 11.6 Å². The van der Waals surface area contributed by atoms with E-state index in [4.69, 9.17) is 16.3 Å². The number of nitrogens with zero attached hydrogens (tertiary/aromatic N) is 2. The molecule has 2 saturated heterocycles. The zero-order valence-corrected chi connectivity index (χ0v) is 16.2. The first-order valence-electron chi connectivity index (χ1n) is 9.34. The number of rotatable bonds is 3. The predicted molar refractivity (Wildman–Crippen MR) is 101 cm³/mol. The van der Waals surface area contributed by atoms with Gasteiger partial charge in [-0.1, -0.05) is 17.7 Å². The SMILES string of the molecule is CC(=O)N(C1CCOCC1)C1CCN(C(=O)Nc2cccc(Cl)c2F)CC1. The Hall–Kier alpha value is -1.86. The summed E-state index contributed by atoms with van der Waals surface area (Å²) in [6, 6.07) is 4.49. The molecule has 0 saturated carbocycles. The number of urea groups is 1. The van der Waals surface area contributed by atoms with Crippen molar-refractivity contribution >= 4 is 29.2 Å². The van der Waals surface area contributed by atoms with Crippen molar-refractivity contribution in [1.29, 1.82) is 0 Å². The summed E-state index contributed by atoms with van der Waals surface area (Å²) < 4.78 is 19.4. The smallest absolute Gasteiger partial charge is 0.321 e. The molecule has 1 N–H and O–H groups in total. The van der Waals surface area contributed by atoms with E-state index < -0.39 is 5.82 Å². The number of piperidine rings is 1. The summed E-state index contributed by atoms with van der Waals surface area (Å²) in [5.41, 5.74) is 0.0715. The molecule has 0 spiro atoms. The number of carbonyl (C=O) groups excluding carboxylic acids is 2. The van der Waals surface area contributed by atoms with E-state index in [1.54, 1.807) is 17.9 Å². The van der Waals surface area contributed by atoms with Gasteiger partial charge in [0, 0.05) is 45.3 Å². The first-order chi connectivity index (χ1) is 13.0. The first kappa shape index (κ1) is 19.9. The van der Waals surface area contributed by atoms with Gasteiger partial charge in [-0.25, -0.2) is 9.18 Å². The van der Waals surface area contributed by atoms with Crippen molar-refractivity contribution in [3.63, 3.8) is 0 Å². The number of anilines is 1. The number of nitrogens with one attached hydrogen (secondary N) is 1. The van der Waals surface area contributed by atoms with E-state index in [-0.39, 0.29) is 34.7 Å². The van der Waals surface area contributed by atoms with Gasteiger partial charge in [0.2, 0.25) is 5.91 Å². The van der Waals surface area contributed by atoms with E-state index in [1.807, 2.05) is 4.90 Å². The molecule has 2 aliphatic heterocycles. The third-order valence-electron chi connectivity index (χ3n) is 5.29. The zero-order valence-electron chi connectivity index (χ0n) is 15.4. The average Bonchev–Trinajstić information content (AvgIpc) is 2.67. The molecule has 3 amide bonds. The van der Waals surface area contributed by atoms with E-state index in [0.717, 1.165) is 12.8 Å². The van der Waals surface area contributed by atoms with Gasteiger partial charge in [-0.3, -0.25) is 4.79 Å². The molecule has 3 rings (SSSR count). The normalized spacial score (nSPS) is 19.0. The van der Waals surface area contributed by atoms with Crippen LogP contribution in [0.3, 0.4) is 0 Å². The Morgan fingerprint density at radius 2 is 1.81 bits per heavy atom. The Labute approximate surface area is 163 Å². The zero-order chi connectivity index (χ0) is 19.4. The van der Waals surface area contributed by atoms with Crippen LogP contribution in [0.1, 0.15) is 32.6 Å². The fourth-order valence-electron chi connectivity index (χ4n) is 3.92. The highest BCUT2D eigenvalue weighted by Gasteiger charge is 2.33. The minimum Gasteiger partial charge on any atom is -0.381 e. The molecule has 2 heterocycles. The van der Waals surface area contributed by atoms with Gasteiger partial charge in [-0.05, 0) is 37.8 Å². The molecule has 2 fully saturated rings. The van der Waals surface area contributed by atoms with Gasteiger partial charge >= 0.3 is 6.03 Å². The van der Waals surface area contributed by atoms with Crippen molar-refractivity contribution in [3.05, 3.63) is 29.0 Å². The largest absolute Gasteiger partial charge is 0.381 e. The van der Waals surface area contributed by atoms with Gasteiger partial charge in [-0.2, -0.15) is 0 Å². The van der Waals surface area contributed by atoms with Crippen molar-refractivity contribution in [2.45, 2.75) is 44.7 Å². The lowest BCUT2D eigenvalue weighted by Gasteiger charge is -2.43. The fraction of sp³-hybridized carbons (Fsp3) is 0.579. The first-order valence-corrected chi connectivity index (χ1v) is 9.71. The summed E-state index contributed by atoms with van der Waals surface area (Å²) in [6.07, 6.45) is 3.13. The third kappa shape index (κ3) is 4.71. The van der Waals surface area contributed by atoms with Crippen LogP contribution in [0.2, 0.25) is 5.02 Å². The van der Waals surface area contributed by atoms with Crippen LogP contribution in [0.15, 0.2) is 18.2 Å². The topological polar surface area (TPSA) is 61.9 Å². The number of carbonyl (C=O) groups is 2. The molecule has 0 aliphatic carbocycles. The van der Waals surface area contributed by atoms with Gasteiger partial charge in [-0.15, -0.1) is 0 Å². The summed E-state index contributed by atoms with van der Waals surface area (Å²) >= 11 is 5.75. The summed E-state index contributed by atoms with van der Waals surface area (Å²) in [5.74, 6) is -0.560. The van der Waals surface area contributed by atoms with Crippen molar-refractivity contribution in [3.8, 4) is 0 Å². The number of hydrogen-bond donors (Lipinski definition) is 1. The molecule has 2 aliphatic rings. The second-order valence-corrected chi connectivity index (χ2v) is 7.43. The van der Waals surface area contributed by atoms with E-state index in [1.165, 1.54) is 12.1 Å². The maximum absolute atomic E-state index is 14.0. The molecule has 1 aromatic carbocycles. The maximum atomic E-state index is 14.0. The van der Waals surface area contributed by atoms with Crippen LogP contribution < -0.4 is 5.32 Å². The molecular formula is C19H25ClFN3O3. The van der Waals surface area contributed by atoms with Gasteiger partial charge in [0.15, 0.2) is 5.82 Å². The lowest BCUT2D eigenvalue weighted by Crippen LogP contribution is -2.53. The summed E-state index contributed by atoms with van der Waals surface area (Å²) in [4.78, 5) is 28.3. The molecule has 0 unspecified atom stereocenters.